The topological polar surface area (TPSA) is 91.3 Å². The summed E-state index contributed by atoms with van der Waals surface area (Å²) in [5, 5.41) is 16.8. The summed E-state index contributed by atoms with van der Waals surface area (Å²) in [6.07, 6.45) is 2.94. The van der Waals surface area contributed by atoms with Crippen molar-refractivity contribution in [1.29, 1.82) is 0 Å². The van der Waals surface area contributed by atoms with Gasteiger partial charge in [0.15, 0.2) is 0 Å². The van der Waals surface area contributed by atoms with Crippen LogP contribution in [0.1, 0.15) is 17.8 Å². The molecule has 17 heavy (non-hydrogen) atoms. The summed E-state index contributed by atoms with van der Waals surface area (Å²) in [4.78, 5) is 26.3. The fourth-order valence-corrected chi connectivity index (χ4v) is 1.98. The van der Waals surface area contributed by atoms with Gasteiger partial charge in [-0.1, -0.05) is 0 Å². The predicted molar refractivity (Wildman–Crippen MR) is 61.7 cm³/mol. The number of nitrogens with one attached hydrogen (secondary N) is 2. The molecular weight excluding hydrogens is 242 g/mol. The van der Waals surface area contributed by atoms with E-state index in [2.05, 4.69) is 15.6 Å². The van der Waals surface area contributed by atoms with Crippen molar-refractivity contribution in [3.05, 3.63) is 16.6 Å². The van der Waals surface area contributed by atoms with E-state index in [1.54, 1.807) is 6.20 Å². The van der Waals surface area contributed by atoms with Crippen molar-refractivity contribution in [3.8, 4) is 0 Å². The third kappa shape index (κ3) is 2.94. The molecule has 0 saturated heterocycles. The summed E-state index contributed by atoms with van der Waals surface area (Å²) in [5.41, 5.74) is -0.724. The van der Waals surface area contributed by atoms with Crippen molar-refractivity contribution in [2.45, 2.75) is 19.4 Å². The largest absolute Gasteiger partial charge is 0.481 e. The smallest absolute Gasteiger partial charge is 0.315 e. The van der Waals surface area contributed by atoms with Gasteiger partial charge >= 0.3 is 12.0 Å². The minimum absolute atomic E-state index is 0.187. The lowest BCUT2D eigenvalue weighted by Crippen LogP contribution is -2.40. The highest BCUT2D eigenvalue weighted by atomic mass is 32.1. The van der Waals surface area contributed by atoms with Crippen LogP contribution in [-0.4, -0.2) is 28.6 Å². The number of thiazole rings is 1. The molecule has 0 unspecified atom stereocenters. The van der Waals surface area contributed by atoms with Gasteiger partial charge in [-0.05, 0) is 12.8 Å². The van der Waals surface area contributed by atoms with Crippen molar-refractivity contribution < 1.29 is 14.7 Å². The lowest BCUT2D eigenvalue weighted by atomic mass is 10.1. The van der Waals surface area contributed by atoms with E-state index in [4.69, 9.17) is 5.11 Å². The van der Waals surface area contributed by atoms with Crippen molar-refractivity contribution in [2.24, 2.45) is 5.41 Å². The quantitative estimate of drug-likeness (QED) is 0.726. The Labute approximate surface area is 102 Å². The molecule has 1 aliphatic rings. The molecule has 1 aromatic heterocycles. The van der Waals surface area contributed by atoms with E-state index in [1.807, 2.05) is 5.38 Å². The van der Waals surface area contributed by atoms with Gasteiger partial charge in [0, 0.05) is 18.1 Å². The molecule has 1 aromatic rings. The monoisotopic (exact) mass is 255 g/mol. The van der Waals surface area contributed by atoms with Gasteiger partial charge in [0.1, 0.15) is 5.01 Å². The zero-order chi connectivity index (χ0) is 12.3. The molecule has 6 nitrogen and oxygen atoms in total. The Morgan fingerprint density at radius 1 is 1.47 bits per heavy atom. The number of urea groups is 1. The molecule has 1 aliphatic carbocycles. The highest BCUT2D eigenvalue weighted by Gasteiger charge is 2.50. The molecule has 0 aromatic carbocycles. The van der Waals surface area contributed by atoms with E-state index in [9.17, 15) is 9.59 Å². The lowest BCUT2D eigenvalue weighted by Gasteiger charge is -2.11. The normalized spacial score (nSPS) is 16.2. The fourth-order valence-electron chi connectivity index (χ4n) is 1.43. The molecule has 0 radical (unpaired) electrons. The van der Waals surface area contributed by atoms with Crippen LogP contribution in [0.5, 0.6) is 0 Å². The minimum atomic E-state index is -0.835. The molecule has 92 valence electrons. The molecule has 2 rings (SSSR count). The van der Waals surface area contributed by atoms with Crippen LogP contribution < -0.4 is 10.6 Å². The maximum atomic E-state index is 11.4. The maximum absolute atomic E-state index is 11.4. The summed E-state index contributed by atoms with van der Waals surface area (Å²) in [5.74, 6) is -0.835. The van der Waals surface area contributed by atoms with Gasteiger partial charge in [-0.15, -0.1) is 11.3 Å². The summed E-state index contributed by atoms with van der Waals surface area (Å²) in [6, 6.07) is -0.354. The molecule has 0 bridgehead atoms. The fraction of sp³-hybridized carbons (Fsp3) is 0.500. The Bertz CT molecular complexity index is 414. The number of carboxylic acid groups (broad SMARTS) is 1. The van der Waals surface area contributed by atoms with E-state index in [1.165, 1.54) is 11.3 Å². The van der Waals surface area contributed by atoms with Crippen molar-refractivity contribution >= 4 is 23.3 Å². The summed E-state index contributed by atoms with van der Waals surface area (Å²) < 4.78 is 0. The molecule has 1 heterocycles. The Hall–Kier alpha value is -1.63. The van der Waals surface area contributed by atoms with Crippen LogP contribution in [0, 0.1) is 5.41 Å². The van der Waals surface area contributed by atoms with Gasteiger partial charge in [-0.25, -0.2) is 9.78 Å². The van der Waals surface area contributed by atoms with Gasteiger partial charge in [0.25, 0.3) is 0 Å². The number of carboxylic acids is 1. The van der Waals surface area contributed by atoms with Gasteiger partial charge < -0.3 is 15.7 Å². The van der Waals surface area contributed by atoms with Crippen LogP contribution in [0.25, 0.3) is 0 Å². The van der Waals surface area contributed by atoms with E-state index >= 15 is 0 Å². The van der Waals surface area contributed by atoms with Gasteiger partial charge in [-0.3, -0.25) is 4.79 Å². The Morgan fingerprint density at radius 3 is 2.76 bits per heavy atom. The minimum Gasteiger partial charge on any atom is -0.481 e. The van der Waals surface area contributed by atoms with Crippen LogP contribution >= 0.6 is 11.3 Å². The zero-order valence-electron chi connectivity index (χ0n) is 9.10. The number of carbonyl (C=O) groups is 2. The van der Waals surface area contributed by atoms with Crippen LogP contribution in [0.3, 0.4) is 0 Å². The molecule has 3 N–H and O–H groups in total. The van der Waals surface area contributed by atoms with E-state index in [0.717, 1.165) is 5.01 Å². The number of aliphatic carboxylic acids is 1. The van der Waals surface area contributed by atoms with Crippen LogP contribution in [-0.2, 0) is 11.3 Å². The van der Waals surface area contributed by atoms with E-state index in [-0.39, 0.29) is 12.6 Å². The molecule has 2 amide bonds. The van der Waals surface area contributed by atoms with E-state index < -0.39 is 11.4 Å². The van der Waals surface area contributed by atoms with Gasteiger partial charge in [0.2, 0.25) is 0 Å². The number of rotatable bonds is 5. The molecule has 0 spiro atoms. The Kier molecular flexibility index (Phi) is 3.28. The van der Waals surface area contributed by atoms with E-state index in [0.29, 0.717) is 19.4 Å². The summed E-state index contributed by atoms with van der Waals surface area (Å²) >= 11 is 1.46. The summed E-state index contributed by atoms with van der Waals surface area (Å²) in [7, 11) is 0. The third-order valence-electron chi connectivity index (χ3n) is 2.78. The Morgan fingerprint density at radius 2 is 2.24 bits per heavy atom. The number of amides is 2. The average molecular weight is 255 g/mol. The second-order valence-electron chi connectivity index (χ2n) is 4.05. The number of carbonyl (C=O) groups excluding carboxylic acids is 1. The SMILES string of the molecule is O=C(NCc1nccs1)NCC1(C(=O)O)CC1. The van der Waals surface area contributed by atoms with Gasteiger partial charge in [-0.2, -0.15) is 0 Å². The second-order valence-corrected chi connectivity index (χ2v) is 5.03. The number of nitrogens with zero attached hydrogens (tertiary/aromatic N) is 1. The van der Waals surface area contributed by atoms with Gasteiger partial charge in [0.05, 0.1) is 12.0 Å². The van der Waals surface area contributed by atoms with Crippen molar-refractivity contribution in [3.63, 3.8) is 0 Å². The average Bonchev–Trinajstić information content (AvgIpc) is 2.93. The molecule has 0 aliphatic heterocycles. The van der Waals surface area contributed by atoms with Crippen LogP contribution in [0.4, 0.5) is 4.79 Å². The first kappa shape index (κ1) is 11.8. The first-order valence-electron chi connectivity index (χ1n) is 5.26. The Balaban J connectivity index is 1.70. The third-order valence-corrected chi connectivity index (χ3v) is 3.56. The van der Waals surface area contributed by atoms with Crippen LogP contribution in [0.15, 0.2) is 11.6 Å². The second kappa shape index (κ2) is 4.70. The molecule has 1 fully saturated rings. The van der Waals surface area contributed by atoms with Crippen molar-refractivity contribution in [2.75, 3.05) is 6.54 Å². The standard InChI is InChI=1S/C10H13N3O3S/c14-8(15)10(1-2-10)6-13-9(16)12-5-7-11-3-4-17-7/h3-4H,1-2,5-6H2,(H,14,15)(H2,12,13,16). The zero-order valence-corrected chi connectivity index (χ0v) is 9.92. The highest BCUT2D eigenvalue weighted by Crippen LogP contribution is 2.45. The van der Waals surface area contributed by atoms with Crippen molar-refractivity contribution in [1.82, 2.24) is 15.6 Å². The predicted octanol–water partition coefficient (Wildman–Crippen LogP) is 0.807. The van der Waals surface area contributed by atoms with Crippen LogP contribution in [0.2, 0.25) is 0 Å². The molecule has 1 saturated carbocycles. The highest BCUT2D eigenvalue weighted by molar-refractivity contribution is 7.09. The summed E-state index contributed by atoms with van der Waals surface area (Å²) in [6.45, 7) is 0.551. The first-order chi connectivity index (χ1) is 8.12. The maximum Gasteiger partial charge on any atom is 0.315 e. The molecular formula is C10H13N3O3S. The lowest BCUT2D eigenvalue weighted by molar-refractivity contribution is -0.143. The first-order valence-corrected chi connectivity index (χ1v) is 6.14. The number of hydrogen-bond acceptors (Lipinski definition) is 4. The number of aromatic nitrogens is 1. The molecule has 0 atom stereocenters. The molecule has 7 heteroatoms. The number of hydrogen-bond donors (Lipinski definition) is 3.